The highest BCUT2D eigenvalue weighted by molar-refractivity contribution is 6.05. The third kappa shape index (κ3) is 6.52. The van der Waals surface area contributed by atoms with Crippen molar-refractivity contribution in [1.29, 1.82) is 5.26 Å². The molecule has 200 valence electrons. The number of pyridine rings is 1. The Morgan fingerprint density at radius 1 is 0.974 bits per heavy atom. The molecule has 2 amide bonds. The molecule has 0 spiro atoms. The fourth-order valence-electron chi connectivity index (χ4n) is 5.50. The molecular formula is C32H35N5O2. The van der Waals surface area contributed by atoms with E-state index >= 15 is 0 Å². The van der Waals surface area contributed by atoms with Crippen LogP contribution in [0.25, 0.3) is 0 Å². The number of piperidine rings is 1. The number of nitrogens with one attached hydrogen (secondary N) is 1. The Morgan fingerprint density at radius 3 is 2.36 bits per heavy atom. The molecule has 0 unspecified atom stereocenters. The second kappa shape index (κ2) is 12.2. The molecule has 7 heteroatoms. The summed E-state index contributed by atoms with van der Waals surface area (Å²) >= 11 is 0. The summed E-state index contributed by atoms with van der Waals surface area (Å²) in [6.07, 6.45) is 6.84. The van der Waals surface area contributed by atoms with E-state index in [1.807, 2.05) is 60.4 Å². The lowest BCUT2D eigenvalue weighted by molar-refractivity contribution is 0.0712. The van der Waals surface area contributed by atoms with Crippen molar-refractivity contribution in [3.63, 3.8) is 0 Å². The Kier molecular flexibility index (Phi) is 8.33. The molecular weight excluding hydrogens is 486 g/mol. The number of anilines is 1. The van der Waals surface area contributed by atoms with Gasteiger partial charge in [-0.15, -0.1) is 0 Å². The van der Waals surface area contributed by atoms with Gasteiger partial charge in [-0.2, -0.15) is 5.26 Å². The predicted octanol–water partition coefficient (Wildman–Crippen LogP) is 5.17. The minimum absolute atomic E-state index is 0.0206. The van der Waals surface area contributed by atoms with Crippen molar-refractivity contribution in [2.24, 2.45) is 0 Å². The van der Waals surface area contributed by atoms with E-state index in [0.717, 1.165) is 50.2 Å². The maximum absolute atomic E-state index is 13.3. The fraction of sp³-hybridized carbons (Fsp3) is 0.375. The minimum atomic E-state index is -0.232. The molecule has 3 heterocycles. The van der Waals surface area contributed by atoms with Crippen molar-refractivity contribution in [3.05, 3.63) is 94.3 Å². The van der Waals surface area contributed by atoms with Gasteiger partial charge >= 0.3 is 0 Å². The highest BCUT2D eigenvalue weighted by Crippen LogP contribution is 2.29. The lowest BCUT2D eigenvalue weighted by atomic mass is 9.89. The zero-order valence-electron chi connectivity index (χ0n) is 22.5. The Labute approximate surface area is 230 Å². The summed E-state index contributed by atoms with van der Waals surface area (Å²) in [6, 6.07) is 19.2. The van der Waals surface area contributed by atoms with E-state index in [-0.39, 0.29) is 11.8 Å². The predicted molar refractivity (Wildman–Crippen MR) is 152 cm³/mol. The number of hydrogen-bond acceptors (Lipinski definition) is 5. The Balaban J connectivity index is 1.17. The third-order valence-corrected chi connectivity index (χ3v) is 8.00. The van der Waals surface area contributed by atoms with Gasteiger partial charge in [-0.3, -0.25) is 14.6 Å². The van der Waals surface area contributed by atoms with Crippen LogP contribution in [0.4, 0.5) is 5.69 Å². The monoisotopic (exact) mass is 521 g/mol. The number of nitriles is 1. The van der Waals surface area contributed by atoms with Crippen LogP contribution in [0.3, 0.4) is 0 Å². The van der Waals surface area contributed by atoms with Crippen LogP contribution in [0.5, 0.6) is 0 Å². The molecule has 3 aromatic rings. The number of aromatic nitrogens is 1. The molecule has 39 heavy (non-hydrogen) atoms. The topological polar surface area (TPSA) is 89.3 Å². The van der Waals surface area contributed by atoms with Gasteiger partial charge in [0.25, 0.3) is 11.8 Å². The van der Waals surface area contributed by atoms with Crippen LogP contribution >= 0.6 is 0 Å². The van der Waals surface area contributed by atoms with Crippen molar-refractivity contribution in [2.75, 3.05) is 38.0 Å². The zero-order chi connectivity index (χ0) is 27.2. The van der Waals surface area contributed by atoms with Crippen molar-refractivity contribution in [3.8, 4) is 6.07 Å². The second-order valence-corrected chi connectivity index (χ2v) is 10.6. The quantitative estimate of drug-likeness (QED) is 0.463. The van der Waals surface area contributed by atoms with Gasteiger partial charge < -0.3 is 15.1 Å². The first kappa shape index (κ1) is 26.6. The first-order chi connectivity index (χ1) is 19.0. The van der Waals surface area contributed by atoms with Gasteiger partial charge in [0.2, 0.25) is 0 Å². The van der Waals surface area contributed by atoms with E-state index in [1.54, 1.807) is 12.3 Å². The van der Waals surface area contributed by atoms with Crippen LogP contribution in [-0.2, 0) is 6.42 Å². The van der Waals surface area contributed by atoms with Crippen LogP contribution in [-0.4, -0.2) is 59.3 Å². The van der Waals surface area contributed by atoms with Gasteiger partial charge in [-0.25, -0.2) is 0 Å². The molecule has 2 saturated heterocycles. The van der Waals surface area contributed by atoms with Gasteiger partial charge in [0.05, 0.1) is 17.2 Å². The number of nitrogens with zero attached hydrogens (tertiary/aromatic N) is 4. The number of amides is 2. The van der Waals surface area contributed by atoms with Crippen molar-refractivity contribution < 1.29 is 9.59 Å². The second-order valence-electron chi connectivity index (χ2n) is 10.6. The van der Waals surface area contributed by atoms with E-state index in [9.17, 15) is 9.59 Å². The average Bonchev–Trinajstić information content (AvgIpc) is 3.51. The van der Waals surface area contributed by atoms with Crippen molar-refractivity contribution >= 4 is 17.5 Å². The number of carbonyl (C=O) groups excluding carboxylic acids is 2. The van der Waals surface area contributed by atoms with Gasteiger partial charge in [0.1, 0.15) is 0 Å². The normalized spacial score (nSPS) is 16.2. The van der Waals surface area contributed by atoms with Gasteiger partial charge in [-0.05, 0) is 99.1 Å². The molecule has 0 saturated carbocycles. The molecule has 2 aliphatic rings. The van der Waals surface area contributed by atoms with E-state index in [4.69, 9.17) is 5.26 Å². The van der Waals surface area contributed by atoms with Crippen molar-refractivity contribution in [1.82, 2.24) is 14.8 Å². The number of hydrogen-bond donors (Lipinski definition) is 1. The number of likely N-dealkylation sites (tertiary alicyclic amines) is 2. The van der Waals surface area contributed by atoms with Crippen LogP contribution in [0, 0.1) is 18.3 Å². The fourth-order valence-corrected chi connectivity index (χ4v) is 5.50. The molecule has 2 aromatic carbocycles. The summed E-state index contributed by atoms with van der Waals surface area (Å²) < 4.78 is 0. The van der Waals surface area contributed by atoms with Gasteiger partial charge in [0, 0.05) is 49.2 Å². The highest BCUT2D eigenvalue weighted by Gasteiger charge is 2.25. The van der Waals surface area contributed by atoms with Crippen LogP contribution in [0.2, 0.25) is 0 Å². The van der Waals surface area contributed by atoms with E-state index in [2.05, 4.69) is 21.3 Å². The summed E-state index contributed by atoms with van der Waals surface area (Å²) in [4.78, 5) is 35.1. The van der Waals surface area contributed by atoms with Crippen LogP contribution < -0.4 is 5.32 Å². The smallest absolute Gasteiger partial charge is 0.257 e. The summed E-state index contributed by atoms with van der Waals surface area (Å²) in [5.41, 5.74) is 5.48. The first-order valence-electron chi connectivity index (χ1n) is 13.9. The molecule has 2 fully saturated rings. The number of carbonyl (C=O) groups is 2. The van der Waals surface area contributed by atoms with Gasteiger partial charge in [0.15, 0.2) is 0 Å². The number of aryl methyl sites for hydroxylation is 1. The Hall–Kier alpha value is -4.02. The van der Waals surface area contributed by atoms with E-state index < -0.39 is 0 Å². The molecule has 2 aliphatic heterocycles. The van der Waals surface area contributed by atoms with E-state index in [0.29, 0.717) is 41.4 Å². The first-order valence-corrected chi connectivity index (χ1v) is 13.9. The minimum Gasteiger partial charge on any atom is -0.339 e. The summed E-state index contributed by atoms with van der Waals surface area (Å²) in [7, 11) is 0. The largest absolute Gasteiger partial charge is 0.339 e. The zero-order valence-corrected chi connectivity index (χ0v) is 22.5. The lowest BCUT2D eigenvalue weighted by Crippen LogP contribution is -2.38. The van der Waals surface area contributed by atoms with Gasteiger partial charge in [-0.1, -0.05) is 18.2 Å². The molecule has 0 atom stereocenters. The lowest BCUT2D eigenvalue weighted by Gasteiger charge is -2.32. The standard InChI is InChI=1S/C32H35N5O2/c1-23-4-7-27(32(39)37-18-12-26(13-19-37)25-8-5-24(21-33)6-9-25)20-30(23)35-31(38)28-10-11-29(34-22-28)14-17-36-15-2-3-16-36/h4-11,20,22,26H,2-3,12-19H2,1H3,(H,35,38). The maximum atomic E-state index is 13.3. The highest BCUT2D eigenvalue weighted by atomic mass is 16.2. The summed E-state index contributed by atoms with van der Waals surface area (Å²) in [5, 5.41) is 12.0. The number of rotatable bonds is 7. The maximum Gasteiger partial charge on any atom is 0.257 e. The molecule has 0 bridgehead atoms. The van der Waals surface area contributed by atoms with E-state index in [1.165, 1.54) is 18.4 Å². The van der Waals surface area contributed by atoms with Crippen LogP contribution in [0.1, 0.15) is 74.7 Å². The average molecular weight is 522 g/mol. The Morgan fingerprint density at radius 2 is 1.69 bits per heavy atom. The molecule has 1 aromatic heterocycles. The third-order valence-electron chi connectivity index (χ3n) is 8.00. The molecule has 5 rings (SSSR count). The molecule has 7 nitrogen and oxygen atoms in total. The van der Waals surface area contributed by atoms with Crippen LogP contribution in [0.15, 0.2) is 60.8 Å². The van der Waals surface area contributed by atoms with Crippen molar-refractivity contribution in [2.45, 2.75) is 44.9 Å². The Bertz CT molecular complexity index is 1350. The molecule has 0 aliphatic carbocycles. The molecule has 1 N–H and O–H groups in total. The molecule has 0 radical (unpaired) electrons. The summed E-state index contributed by atoms with van der Waals surface area (Å²) in [6.45, 7) is 6.61. The summed E-state index contributed by atoms with van der Waals surface area (Å²) in [5.74, 6) is 0.132. The number of benzene rings is 2. The SMILES string of the molecule is Cc1ccc(C(=O)N2CCC(c3ccc(C#N)cc3)CC2)cc1NC(=O)c1ccc(CCN2CCCC2)nc1.